The fraction of sp³-hybridized carbons (Fsp3) is 0.526. The van der Waals surface area contributed by atoms with Crippen molar-refractivity contribution < 1.29 is 9.59 Å². The van der Waals surface area contributed by atoms with Crippen LogP contribution in [0.3, 0.4) is 0 Å². The van der Waals surface area contributed by atoms with E-state index in [2.05, 4.69) is 36.9 Å². The van der Waals surface area contributed by atoms with Crippen LogP contribution in [0.15, 0.2) is 33.7 Å². The van der Waals surface area contributed by atoms with Gasteiger partial charge in [0, 0.05) is 55.7 Å². The molecule has 1 aromatic rings. The molecule has 7 nitrogen and oxygen atoms in total. The third-order valence-corrected chi connectivity index (χ3v) is 4.65. The minimum Gasteiger partial charge on any atom is -0.357 e. The van der Waals surface area contributed by atoms with Crippen molar-refractivity contribution in [2.75, 3.05) is 39.3 Å². The molecule has 0 spiro atoms. The molecule has 3 N–H and O–H groups in total. The molecule has 0 saturated carbocycles. The zero-order chi connectivity index (χ0) is 19.5. The molecule has 27 heavy (non-hydrogen) atoms. The number of benzene rings is 1. The van der Waals surface area contributed by atoms with E-state index in [-0.39, 0.29) is 11.8 Å². The zero-order valence-electron chi connectivity index (χ0n) is 15.8. The number of hydrogen-bond acceptors (Lipinski definition) is 3. The first kappa shape index (κ1) is 21.2. The van der Waals surface area contributed by atoms with Crippen molar-refractivity contribution in [3.05, 3.63) is 34.3 Å². The number of rotatable bonds is 9. The van der Waals surface area contributed by atoms with Gasteiger partial charge in [0.05, 0.1) is 0 Å². The van der Waals surface area contributed by atoms with Gasteiger partial charge in [-0.15, -0.1) is 0 Å². The first-order chi connectivity index (χ1) is 13.1. The summed E-state index contributed by atoms with van der Waals surface area (Å²) in [7, 11) is 0. The second kappa shape index (κ2) is 11.6. The molecule has 1 aliphatic rings. The van der Waals surface area contributed by atoms with Crippen LogP contribution in [0.2, 0.25) is 0 Å². The summed E-state index contributed by atoms with van der Waals surface area (Å²) in [5.41, 5.74) is 0.626. The van der Waals surface area contributed by atoms with Crippen LogP contribution in [0.4, 0.5) is 0 Å². The maximum absolute atomic E-state index is 12.1. The Kier molecular flexibility index (Phi) is 9.10. The van der Waals surface area contributed by atoms with Crippen molar-refractivity contribution in [2.45, 2.75) is 26.2 Å². The molecular formula is C19H28BrN5O2. The summed E-state index contributed by atoms with van der Waals surface area (Å²) in [6.45, 7) is 6.15. The molecule has 1 aromatic carbocycles. The maximum atomic E-state index is 12.1. The number of nitrogens with zero attached hydrogens (tertiary/aromatic N) is 2. The highest BCUT2D eigenvalue weighted by atomic mass is 79.9. The van der Waals surface area contributed by atoms with Gasteiger partial charge < -0.3 is 20.9 Å². The van der Waals surface area contributed by atoms with E-state index >= 15 is 0 Å². The third kappa shape index (κ3) is 7.58. The van der Waals surface area contributed by atoms with Crippen LogP contribution >= 0.6 is 15.9 Å². The Morgan fingerprint density at radius 2 is 2.07 bits per heavy atom. The molecule has 2 rings (SSSR count). The fourth-order valence-electron chi connectivity index (χ4n) is 2.82. The number of guanidine groups is 1. The fourth-order valence-corrected chi connectivity index (χ4v) is 3.22. The van der Waals surface area contributed by atoms with Crippen LogP contribution in [0, 0.1) is 0 Å². The number of carbonyl (C=O) groups is 2. The molecule has 1 fully saturated rings. The number of nitrogens with one attached hydrogen (secondary N) is 3. The maximum Gasteiger partial charge on any atom is 0.251 e. The van der Waals surface area contributed by atoms with Gasteiger partial charge in [-0.2, -0.15) is 0 Å². The molecule has 0 unspecified atom stereocenters. The summed E-state index contributed by atoms with van der Waals surface area (Å²) in [6, 6.07) is 7.30. The Hall–Kier alpha value is -2.09. The molecule has 0 atom stereocenters. The smallest absolute Gasteiger partial charge is 0.251 e. The van der Waals surface area contributed by atoms with E-state index in [0.29, 0.717) is 31.6 Å². The molecule has 1 aliphatic heterocycles. The molecular weight excluding hydrogens is 410 g/mol. The van der Waals surface area contributed by atoms with Crippen LogP contribution in [0.5, 0.6) is 0 Å². The molecule has 1 heterocycles. The van der Waals surface area contributed by atoms with Crippen LogP contribution in [-0.4, -0.2) is 61.9 Å². The van der Waals surface area contributed by atoms with Crippen molar-refractivity contribution in [1.29, 1.82) is 0 Å². The minimum atomic E-state index is -0.102. The molecule has 0 aliphatic carbocycles. The molecule has 8 heteroatoms. The predicted molar refractivity (Wildman–Crippen MR) is 111 cm³/mol. The van der Waals surface area contributed by atoms with E-state index in [9.17, 15) is 9.59 Å². The lowest BCUT2D eigenvalue weighted by Gasteiger charge is -2.15. The molecule has 1 saturated heterocycles. The average molecular weight is 438 g/mol. The van der Waals surface area contributed by atoms with Crippen LogP contribution in [-0.2, 0) is 4.79 Å². The lowest BCUT2D eigenvalue weighted by Crippen LogP contribution is -2.41. The Balaban J connectivity index is 1.67. The van der Waals surface area contributed by atoms with Crippen LogP contribution in [0.25, 0.3) is 0 Å². The van der Waals surface area contributed by atoms with Gasteiger partial charge in [-0.1, -0.05) is 22.0 Å². The van der Waals surface area contributed by atoms with Crippen molar-refractivity contribution >= 4 is 33.7 Å². The van der Waals surface area contributed by atoms with Gasteiger partial charge in [0.25, 0.3) is 5.91 Å². The van der Waals surface area contributed by atoms with E-state index in [4.69, 9.17) is 0 Å². The highest BCUT2D eigenvalue weighted by Gasteiger charge is 2.18. The Morgan fingerprint density at radius 1 is 1.26 bits per heavy atom. The lowest BCUT2D eigenvalue weighted by molar-refractivity contribution is -0.127. The number of hydrogen-bond donors (Lipinski definition) is 3. The predicted octanol–water partition coefficient (Wildman–Crippen LogP) is 1.75. The van der Waals surface area contributed by atoms with E-state index in [1.165, 1.54) is 0 Å². The monoisotopic (exact) mass is 437 g/mol. The van der Waals surface area contributed by atoms with Gasteiger partial charge in [0.15, 0.2) is 5.96 Å². The second-order valence-corrected chi connectivity index (χ2v) is 7.21. The minimum absolute atomic E-state index is 0.102. The summed E-state index contributed by atoms with van der Waals surface area (Å²) in [5, 5.41) is 9.28. The van der Waals surface area contributed by atoms with Crippen LogP contribution in [0.1, 0.15) is 36.5 Å². The summed E-state index contributed by atoms with van der Waals surface area (Å²) >= 11 is 3.37. The summed E-state index contributed by atoms with van der Waals surface area (Å²) in [5.74, 6) is 0.877. The number of halogens is 1. The van der Waals surface area contributed by atoms with E-state index in [0.717, 1.165) is 42.9 Å². The molecule has 0 bridgehead atoms. The number of amides is 2. The number of carbonyl (C=O) groups excluding carboxylic acids is 2. The zero-order valence-corrected chi connectivity index (χ0v) is 17.3. The van der Waals surface area contributed by atoms with Gasteiger partial charge in [0.1, 0.15) is 0 Å². The second-order valence-electron chi connectivity index (χ2n) is 6.29. The Labute approximate surface area is 169 Å². The SMILES string of the molecule is CCNC(=NCCCN1CCCC1=O)NCCNC(=O)c1cccc(Br)c1. The third-order valence-electron chi connectivity index (χ3n) is 4.16. The largest absolute Gasteiger partial charge is 0.357 e. The Bertz CT molecular complexity index is 665. The average Bonchev–Trinajstić information content (AvgIpc) is 3.06. The van der Waals surface area contributed by atoms with Crippen molar-refractivity contribution in [2.24, 2.45) is 4.99 Å². The van der Waals surface area contributed by atoms with Crippen molar-refractivity contribution in [3.8, 4) is 0 Å². The van der Waals surface area contributed by atoms with Gasteiger partial charge in [0.2, 0.25) is 5.91 Å². The highest BCUT2D eigenvalue weighted by Crippen LogP contribution is 2.11. The van der Waals surface area contributed by atoms with Crippen LogP contribution < -0.4 is 16.0 Å². The molecule has 0 radical (unpaired) electrons. The highest BCUT2D eigenvalue weighted by molar-refractivity contribution is 9.10. The topological polar surface area (TPSA) is 85.8 Å². The molecule has 148 valence electrons. The van der Waals surface area contributed by atoms with Crippen molar-refractivity contribution in [1.82, 2.24) is 20.9 Å². The first-order valence-electron chi connectivity index (χ1n) is 9.44. The van der Waals surface area contributed by atoms with Gasteiger partial charge in [-0.25, -0.2) is 0 Å². The van der Waals surface area contributed by atoms with E-state index in [1.54, 1.807) is 12.1 Å². The van der Waals surface area contributed by atoms with Crippen molar-refractivity contribution in [3.63, 3.8) is 0 Å². The normalized spacial score (nSPS) is 14.4. The summed E-state index contributed by atoms with van der Waals surface area (Å²) in [4.78, 5) is 30.1. The quantitative estimate of drug-likeness (QED) is 0.312. The lowest BCUT2D eigenvalue weighted by atomic mass is 10.2. The standard InChI is InChI=1S/C19H28BrN5O2/c1-2-21-19(23-9-5-13-25-12-4-8-17(25)26)24-11-10-22-18(27)15-6-3-7-16(20)14-15/h3,6-7,14H,2,4-5,8-13H2,1H3,(H,22,27)(H2,21,23,24). The number of likely N-dealkylation sites (tertiary alicyclic amines) is 1. The first-order valence-corrected chi connectivity index (χ1v) is 10.2. The summed E-state index contributed by atoms with van der Waals surface area (Å²) in [6.07, 6.45) is 2.50. The van der Waals surface area contributed by atoms with Gasteiger partial charge in [-0.05, 0) is 38.0 Å². The van der Waals surface area contributed by atoms with E-state index < -0.39 is 0 Å². The molecule has 2 amide bonds. The summed E-state index contributed by atoms with van der Waals surface area (Å²) < 4.78 is 0.880. The van der Waals surface area contributed by atoms with E-state index in [1.807, 2.05) is 24.0 Å². The van der Waals surface area contributed by atoms with Gasteiger partial charge >= 0.3 is 0 Å². The van der Waals surface area contributed by atoms with Gasteiger partial charge in [-0.3, -0.25) is 14.6 Å². The Morgan fingerprint density at radius 3 is 2.78 bits per heavy atom. The molecule has 0 aromatic heterocycles. The number of aliphatic imine (C=N–C) groups is 1.